The zero-order chi connectivity index (χ0) is 13.9. The summed E-state index contributed by atoms with van der Waals surface area (Å²) in [6.45, 7) is 1.54. The summed E-state index contributed by atoms with van der Waals surface area (Å²) in [5, 5.41) is 0. The molecule has 0 saturated heterocycles. The van der Waals surface area contributed by atoms with E-state index >= 15 is 0 Å². The average Bonchev–Trinajstić information content (AvgIpc) is 2.69. The molecule has 2 aromatic carbocycles. The topological polar surface area (TPSA) is 20.3 Å². The van der Waals surface area contributed by atoms with Crippen molar-refractivity contribution in [1.82, 2.24) is 4.90 Å². The summed E-state index contributed by atoms with van der Waals surface area (Å²) in [5.41, 5.74) is 3.40. The minimum Gasteiger partial charge on any atom is -0.334 e. The number of halogens is 1. The molecule has 0 saturated carbocycles. The first kappa shape index (κ1) is 13.4. The smallest absolute Gasteiger partial charge is 0.254 e. The number of fused-ring (bicyclic) bond motifs is 1. The van der Waals surface area contributed by atoms with Gasteiger partial charge >= 0.3 is 0 Å². The molecule has 0 unspecified atom stereocenters. The highest BCUT2D eigenvalue weighted by Crippen LogP contribution is 2.20. The van der Waals surface area contributed by atoms with Gasteiger partial charge in [-0.3, -0.25) is 4.79 Å². The number of carbonyl (C=O) groups is 1. The normalized spacial score (nSPS) is 14.6. The fourth-order valence-corrected chi connectivity index (χ4v) is 2.91. The fourth-order valence-electron chi connectivity index (χ4n) is 2.65. The summed E-state index contributed by atoms with van der Waals surface area (Å²) < 4.78 is 0.996. The van der Waals surface area contributed by atoms with Gasteiger partial charge in [0.05, 0.1) is 0 Å². The second-order valence-electron chi connectivity index (χ2n) is 5.11. The first-order valence-electron chi connectivity index (χ1n) is 6.85. The lowest BCUT2D eigenvalue weighted by atomic mass is 10.0. The number of benzene rings is 2. The van der Waals surface area contributed by atoms with Crippen LogP contribution in [0.5, 0.6) is 0 Å². The van der Waals surface area contributed by atoms with Crippen molar-refractivity contribution in [2.75, 3.05) is 6.54 Å². The molecular formula is C17H16BrNO. The van der Waals surface area contributed by atoms with Crippen LogP contribution in [0.1, 0.15) is 27.9 Å². The van der Waals surface area contributed by atoms with Gasteiger partial charge in [-0.15, -0.1) is 0 Å². The van der Waals surface area contributed by atoms with Crippen LogP contribution in [0.3, 0.4) is 0 Å². The highest BCUT2D eigenvalue weighted by atomic mass is 79.9. The molecule has 0 aliphatic carbocycles. The quantitative estimate of drug-likeness (QED) is 0.773. The van der Waals surface area contributed by atoms with Gasteiger partial charge in [0.2, 0.25) is 0 Å². The fraction of sp³-hybridized carbons (Fsp3) is 0.235. The van der Waals surface area contributed by atoms with Gasteiger partial charge in [-0.05, 0) is 48.2 Å². The zero-order valence-corrected chi connectivity index (χ0v) is 12.8. The number of aryl methyl sites for hydroxylation is 1. The average molecular weight is 330 g/mol. The lowest BCUT2D eigenvalue weighted by molar-refractivity contribution is 0.0746. The third-order valence-corrected chi connectivity index (χ3v) is 4.26. The summed E-state index contributed by atoms with van der Waals surface area (Å²) in [6, 6.07) is 16.0. The summed E-state index contributed by atoms with van der Waals surface area (Å²) in [7, 11) is 0. The third-order valence-electron chi connectivity index (χ3n) is 3.73. The zero-order valence-electron chi connectivity index (χ0n) is 11.2. The molecule has 0 atom stereocenters. The largest absolute Gasteiger partial charge is 0.334 e. The molecule has 1 aliphatic rings. The van der Waals surface area contributed by atoms with Gasteiger partial charge in [0, 0.05) is 23.1 Å². The van der Waals surface area contributed by atoms with Crippen LogP contribution in [0.2, 0.25) is 0 Å². The second-order valence-corrected chi connectivity index (χ2v) is 6.02. The molecule has 0 radical (unpaired) electrons. The highest BCUT2D eigenvalue weighted by molar-refractivity contribution is 9.10. The van der Waals surface area contributed by atoms with Crippen LogP contribution in [0.15, 0.2) is 53.0 Å². The minimum atomic E-state index is 0.120. The number of hydrogen-bond acceptors (Lipinski definition) is 1. The van der Waals surface area contributed by atoms with Gasteiger partial charge in [-0.1, -0.05) is 40.2 Å². The Morgan fingerprint density at radius 1 is 1.00 bits per heavy atom. The van der Waals surface area contributed by atoms with Crippen LogP contribution in [-0.2, 0) is 13.0 Å². The molecular weight excluding hydrogens is 314 g/mol. The van der Waals surface area contributed by atoms with E-state index in [-0.39, 0.29) is 5.91 Å². The van der Waals surface area contributed by atoms with Crippen molar-refractivity contribution in [2.24, 2.45) is 0 Å². The molecule has 0 N–H and O–H groups in total. The lowest BCUT2D eigenvalue weighted by Gasteiger charge is -2.21. The summed E-state index contributed by atoms with van der Waals surface area (Å²) in [5.74, 6) is 0.120. The molecule has 3 heteroatoms. The summed E-state index contributed by atoms with van der Waals surface area (Å²) in [6.07, 6.45) is 2.08. The Morgan fingerprint density at radius 2 is 1.70 bits per heavy atom. The molecule has 0 bridgehead atoms. The SMILES string of the molecule is O=C(c1ccc(Br)cc1)N1CCCc2ccccc2C1. The number of amides is 1. The van der Waals surface area contributed by atoms with Crippen molar-refractivity contribution >= 4 is 21.8 Å². The standard InChI is InChI=1S/C17H16BrNO/c18-16-9-7-14(8-10-16)17(20)19-11-3-6-13-4-1-2-5-15(13)12-19/h1-2,4-5,7-10H,3,6,11-12H2. The molecule has 102 valence electrons. The Balaban J connectivity index is 1.84. The number of rotatable bonds is 1. The van der Waals surface area contributed by atoms with E-state index in [0.717, 1.165) is 29.4 Å². The van der Waals surface area contributed by atoms with E-state index in [1.165, 1.54) is 11.1 Å². The second kappa shape index (κ2) is 5.80. The lowest BCUT2D eigenvalue weighted by Crippen LogP contribution is -2.30. The minimum absolute atomic E-state index is 0.120. The first-order chi connectivity index (χ1) is 9.74. The Morgan fingerprint density at radius 3 is 2.45 bits per heavy atom. The number of hydrogen-bond donors (Lipinski definition) is 0. The maximum absolute atomic E-state index is 12.6. The molecule has 3 rings (SSSR count). The van der Waals surface area contributed by atoms with Gasteiger partial charge in [-0.25, -0.2) is 0 Å². The molecule has 0 spiro atoms. The van der Waals surface area contributed by atoms with E-state index in [1.54, 1.807) is 0 Å². The highest BCUT2D eigenvalue weighted by Gasteiger charge is 2.19. The van der Waals surface area contributed by atoms with Crippen molar-refractivity contribution in [3.8, 4) is 0 Å². The molecule has 0 aromatic heterocycles. The van der Waals surface area contributed by atoms with Crippen LogP contribution in [0.25, 0.3) is 0 Å². The van der Waals surface area contributed by atoms with Crippen molar-refractivity contribution < 1.29 is 4.79 Å². The van der Waals surface area contributed by atoms with Gasteiger partial charge in [0.25, 0.3) is 5.91 Å². The molecule has 0 fully saturated rings. The van der Waals surface area contributed by atoms with E-state index in [1.807, 2.05) is 35.2 Å². The predicted molar refractivity (Wildman–Crippen MR) is 83.6 cm³/mol. The van der Waals surface area contributed by atoms with E-state index in [0.29, 0.717) is 6.54 Å². The number of nitrogens with zero attached hydrogens (tertiary/aromatic N) is 1. The first-order valence-corrected chi connectivity index (χ1v) is 7.65. The van der Waals surface area contributed by atoms with Crippen LogP contribution < -0.4 is 0 Å². The van der Waals surface area contributed by atoms with Crippen molar-refractivity contribution in [2.45, 2.75) is 19.4 Å². The van der Waals surface area contributed by atoms with Crippen LogP contribution >= 0.6 is 15.9 Å². The monoisotopic (exact) mass is 329 g/mol. The van der Waals surface area contributed by atoms with Crippen LogP contribution in [0, 0.1) is 0 Å². The maximum atomic E-state index is 12.6. The van der Waals surface area contributed by atoms with Gasteiger partial charge < -0.3 is 4.90 Å². The summed E-state index contributed by atoms with van der Waals surface area (Å²) >= 11 is 3.40. The Labute approximate surface area is 127 Å². The summed E-state index contributed by atoms with van der Waals surface area (Å²) in [4.78, 5) is 14.5. The van der Waals surface area contributed by atoms with E-state index in [9.17, 15) is 4.79 Å². The Hall–Kier alpha value is -1.61. The molecule has 2 nitrogen and oxygen atoms in total. The molecule has 1 heterocycles. The van der Waals surface area contributed by atoms with Crippen molar-refractivity contribution in [1.29, 1.82) is 0 Å². The van der Waals surface area contributed by atoms with Gasteiger partial charge in [-0.2, -0.15) is 0 Å². The third kappa shape index (κ3) is 2.78. The van der Waals surface area contributed by atoms with E-state index < -0.39 is 0 Å². The molecule has 1 aliphatic heterocycles. The van der Waals surface area contributed by atoms with Crippen molar-refractivity contribution in [3.63, 3.8) is 0 Å². The maximum Gasteiger partial charge on any atom is 0.254 e. The molecule has 2 aromatic rings. The molecule has 1 amide bonds. The van der Waals surface area contributed by atoms with Gasteiger partial charge in [0.1, 0.15) is 0 Å². The van der Waals surface area contributed by atoms with Gasteiger partial charge in [0.15, 0.2) is 0 Å². The Kier molecular flexibility index (Phi) is 3.88. The van der Waals surface area contributed by atoms with E-state index in [4.69, 9.17) is 0 Å². The van der Waals surface area contributed by atoms with Crippen molar-refractivity contribution in [3.05, 3.63) is 69.7 Å². The predicted octanol–water partition coefficient (Wildman–Crippen LogP) is 4.04. The van der Waals surface area contributed by atoms with Crippen LogP contribution in [0.4, 0.5) is 0 Å². The number of carbonyl (C=O) groups excluding carboxylic acids is 1. The molecule has 20 heavy (non-hydrogen) atoms. The van der Waals surface area contributed by atoms with Crippen LogP contribution in [-0.4, -0.2) is 17.4 Å². The van der Waals surface area contributed by atoms with E-state index in [2.05, 4.69) is 34.1 Å². The Bertz CT molecular complexity index is 621.